The molecule has 1 aliphatic heterocycles. The number of sulfone groups is 1. The molecule has 1 fully saturated rings. The van der Waals surface area contributed by atoms with Crippen molar-refractivity contribution in [2.75, 3.05) is 39.7 Å². The van der Waals surface area contributed by atoms with Crippen molar-refractivity contribution in [3.8, 4) is 11.5 Å². The van der Waals surface area contributed by atoms with Gasteiger partial charge in [-0.25, -0.2) is 8.42 Å². The fourth-order valence-corrected chi connectivity index (χ4v) is 5.11. The summed E-state index contributed by atoms with van der Waals surface area (Å²) in [6.07, 6.45) is 3.39. The summed E-state index contributed by atoms with van der Waals surface area (Å²) in [4.78, 5) is 6.96. The molecule has 2 heterocycles. The molecule has 0 amide bonds. The van der Waals surface area contributed by atoms with E-state index in [1.54, 1.807) is 50.6 Å². The maximum Gasteiger partial charge on any atom is 0.208 e. The van der Waals surface area contributed by atoms with Gasteiger partial charge in [-0.05, 0) is 75.4 Å². The maximum atomic E-state index is 13.4. The molecule has 1 aromatic heterocycles. The monoisotopic (exact) mass is 441 g/mol. The van der Waals surface area contributed by atoms with E-state index in [-0.39, 0.29) is 15.8 Å². The predicted molar refractivity (Wildman–Crippen MR) is 121 cm³/mol. The highest BCUT2D eigenvalue weighted by Crippen LogP contribution is 2.32. The van der Waals surface area contributed by atoms with Gasteiger partial charge < -0.3 is 19.7 Å². The highest BCUT2D eigenvalue weighted by molar-refractivity contribution is 7.91. The normalized spacial score (nSPS) is 15.7. The van der Waals surface area contributed by atoms with Gasteiger partial charge in [0.15, 0.2) is 0 Å². The lowest BCUT2D eigenvalue weighted by Gasteiger charge is -2.30. The summed E-state index contributed by atoms with van der Waals surface area (Å²) in [6, 6.07) is 12.2. The van der Waals surface area contributed by atoms with E-state index >= 15 is 0 Å². The van der Waals surface area contributed by atoms with Crippen LogP contribution in [0, 0.1) is 0 Å². The molecule has 7 nitrogen and oxygen atoms in total. The fraction of sp³-hybridized carbons (Fsp3) is 0.348. The first-order valence-corrected chi connectivity index (χ1v) is 11.7. The lowest BCUT2D eigenvalue weighted by atomic mass is 10.1. The van der Waals surface area contributed by atoms with E-state index in [1.807, 2.05) is 6.07 Å². The molecule has 0 aliphatic carbocycles. The summed E-state index contributed by atoms with van der Waals surface area (Å²) >= 11 is 0. The largest absolute Gasteiger partial charge is 0.497 e. The number of anilines is 1. The Morgan fingerprint density at radius 3 is 2.48 bits per heavy atom. The molecule has 0 radical (unpaired) electrons. The van der Waals surface area contributed by atoms with Crippen LogP contribution in [-0.2, 0) is 9.84 Å². The molecule has 0 unspecified atom stereocenters. The zero-order valence-corrected chi connectivity index (χ0v) is 18.8. The van der Waals surface area contributed by atoms with Gasteiger partial charge in [0.25, 0.3) is 0 Å². The van der Waals surface area contributed by atoms with Gasteiger partial charge in [0, 0.05) is 17.6 Å². The number of benzene rings is 2. The molecular formula is C23H27N3O4S. The molecule has 164 valence electrons. The van der Waals surface area contributed by atoms with Crippen LogP contribution in [0.4, 0.5) is 5.69 Å². The van der Waals surface area contributed by atoms with Crippen molar-refractivity contribution in [3.05, 3.63) is 48.7 Å². The number of nitrogens with zero attached hydrogens (tertiary/aromatic N) is 2. The minimum atomic E-state index is -3.75. The van der Waals surface area contributed by atoms with E-state index in [4.69, 9.17) is 9.47 Å². The van der Waals surface area contributed by atoms with Crippen molar-refractivity contribution in [1.82, 2.24) is 9.88 Å². The summed E-state index contributed by atoms with van der Waals surface area (Å²) in [5.41, 5.74) is 1.40. The number of likely N-dealkylation sites (tertiary alicyclic amines) is 1. The number of ether oxygens (including phenoxy) is 2. The molecule has 31 heavy (non-hydrogen) atoms. The molecule has 0 bridgehead atoms. The van der Waals surface area contributed by atoms with Crippen LogP contribution in [0.1, 0.15) is 12.8 Å². The van der Waals surface area contributed by atoms with E-state index in [9.17, 15) is 8.42 Å². The van der Waals surface area contributed by atoms with Crippen molar-refractivity contribution in [2.45, 2.75) is 28.7 Å². The number of hydrogen-bond acceptors (Lipinski definition) is 7. The molecule has 0 spiro atoms. The van der Waals surface area contributed by atoms with E-state index < -0.39 is 9.84 Å². The summed E-state index contributed by atoms with van der Waals surface area (Å²) in [6.45, 7) is 2.01. The van der Waals surface area contributed by atoms with Crippen LogP contribution in [0.5, 0.6) is 11.5 Å². The average Bonchev–Trinajstić information content (AvgIpc) is 2.79. The Morgan fingerprint density at radius 2 is 1.77 bits per heavy atom. The van der Waals surface area contributed by atoms with Gasteiger partial charge in [0.1, 0.15) is 11.5 Å². The van der Waals surface area contributed by atoms with Gasteiger partial charge in [-0.1, -0.05) is 0 Å². The lowest BCUT2D eigenvalue weighted by molar-refractivity contribution is 0.263. The second-order valence-electron chi connectivity index (χ2n) is 7.82. The van der Waals surface area contributed by atoms with Crippen LogP contribution in [0.15, 0.2) is 58.5 Å². The zero-order chi connectivity index (χ0) is 22.0. The van der Waals surface area contributed by atoms with Gasteiger partial charge in [-0.2, -0.15) is 0 Å². The van der Waals surface area contributed by atoms with E-state index in [2.05, 4.69) is 22.2 Å². The second-order valence-corrected chi connectivity index (χ2v) is 9.77. The number of fused-ring (bicyclic) bond motifs is 1. The van der Waals surface area contributed by atoms with Crippen molar-refractivity contribution in [2.24, 2.45) is 0 Å². The first-order valence-electron chi connectivity index (χ1n) is 10.2. The molecule has 2 aromatic carbocycles. The molecular weight excluding hydrogens is 414 g/mol. The predicted octanol–water partition coefficient (Wildman–Crippen LogP) is 3.59. The SMILES string of the molecule is COc1ccc2ncc(S(=O)(=O)c3ccc(OC)c(NC4CCN(C)CC4)c3)cc2c1. The summed E-state index contributed by atoms with van der Waals surface area (Å²) in [7, 11) is 1.52. The van der Waals surface area contributed by atoms with Crippen molar-refractivity contribution < 1.29 is 17.9 Å². The first kappa shape index (κ1) is 21.4. The summed E-state index contributed by atoms with van der Waals surface area (Å²) in [5.74, 6) is 1.28. The third-order valence-electron chi connectivity index (χ3n) is 5.73. The van der Waals surface area contributed by atoms with Crippen LogP contribution >= 0.6 is 0 Å². The smallest absolute Gasteiger partial charge is 0.208 e. The number of aromatic nitrogens is 1. The van der Waals surface area contributed by atoms with Crippen LogP contribution < -0.4 is 14.8 Å². The summed E-state index contributed by atoms with van der Waals surface area (Å²) in [5, 5.41) is 4.19. The first-order chi connectivity index (χ1) is 14.9. The minimum absolute atomic E-state index is 0.142. The fourth-order valence-electron chi connectivity index (χ4n) is 3.84. The Labute approximate surface area is 182 Å². The van der Waals surface area contributed by atoms with Crippen LogP contribution in [0.25, 0.3) is 10.9 Å². The number of piperidine rings is 1. The summed E-state index contributed by atoms with van der Waals surface area (Å²) < 4.78 is 37.5. The minimum Gasteiger partial charge on any atom is -0.497 e. The van der Waals surface area contributed by atoms with Crippen molar-refractivity contribution >= 4 is 26.4 Å². The van der Waals surface area contributed by atoms with Crippen LogP contribution in [0.3, 0.4) is 0 Å². The Hall–Kier alpha value is -2.84. The second kappa shape index (κ2) is 8.72. The Balaban J connectivity index is 1.68. The topological polar surface area (TPSA) is 80.8 Å². The number of nitrogens with one attached hydrogen (secondary N) is 1. The molecule has 1 aliphatic rings. The zero-order valence-electron chi connectivity index (χ0n) is 18.0. The molecule has 4 rings (SSSR count). The van der Waals surface area contributed by atoms with Gasteiger partial charge in [-0.15, -0.1) is 0 Å². The van der Waals surface area contributed by atoms with E-state index in [1.165, 1.54) is 6.20 Å². The Kier molecular flexibility index (Phi) is 6.02. The van der Waals surface area contributed by atoms with Crippen LogP contribution in [-0.4, -0.2) is 58.7 Å². The van der Waals surface area contributed by atoms with E-state index in [0.717, 1.165) is 25.9 Å². The highest BCUT2D eigenvalue weighted by Gasteiger charge is 2.23. The molecule has 8 heteroatoms. The van der Waals surface area contributed by atoms with Gasteiger partial charge in [-0.3, -0.25) is 4.98 Å². The van der Waals surface area contributed by atoms with Crippen molar-refractivity contribution in [1.29, 1.82) is 0 Å². The van der Waals surface area contributed by atoms with Gasteiger partial charge in [0.2, 0.25) is 9.84 Å². The van der Waals surface area contributed by atoms with Crippen LogP contribution in [0.2, 0.25) is 0 Å². The molecule has 3 aromatic rings. The standard InChI is InChI=1S/C23H27N3O4S/c1-26-10-8-17(9-11-26)25-22-14-19(5-7-23(22)30-3)31(27,28)20-13-16-12-18(29-2)4-6-21(16)24-15-20/h4-7,12-15,17,25H,8-11H2,1-3H3. The lowest BCUT2D eigenvalue weighted by Crippen LogP contribution is -2.36. The number of methoxy groups -OCH3 is 2. The highest BCUT2D eigenvalue weighted by atomic mass is 32.2. The Morgan fingerprint density at radius 1 is 1.00 bits per heavy atom. The Bertz CT molecular complexity index is 1190. The maximum absolute atomic E-state index is 13.4. The number of rotatable bonds is 6. The molecule has 0 saturated carbocycles. The third kappa shape index (κ3) is 4.45. The molecule has 0 atom stereocenters. The van der Waals surface area contributed by atoms with E-state index in [0.29, 0.717) is 28.1 Å². The third-order valence-corrected chi connectivity index (χ3v) is 7.45. The number of pyridine rings is 1. The molecule has 1 N–H and O–H groups in total. The van der Waals surface area contributed by atoms with Crippen molar-refractivity contribution in [3.63, 3.8) is 0 Å². The molecule has 1 saturated heterocycles. The van der Waals surface area contributed by atoms with Gasteiger partial charge >= 0.3 is 0 Å². The number of hydrogen-bond donors (Lipinski definition) is 1. The quantitative estimate of drug-likeness (QED) is 0.626. The average molecular weight is 442 g/mol. The van der Waals surface area contributed by atoms with Gasteiger partial charge in [0.05, 0.1) is 35.2 Å².